The Labute approximate surface area is 131 Å². The van der Waals surface area contributed by atoms with Crippen LogP contribution in [0.4, 0.5) is 0 Å². The van der Waals surface area contributed by atoms with Gasteiger partial charge in [0.2, 0.25) is 5.91 Å². The fourth-order valence-corrected chi connectivity index (χ4v) is 2.84. The van der Waals surface area contributed by atoms with Gasteiger partial charge in [0.15, 0.2) is 0 Å². The summed E-state index contributed by atoms with van der Waals surface area (Å²) in [5.41, 5.74) is 3.35. The molecule has 0 spiro atoms. The molecule has 0 fully saturated rings. The van der Waals surface area contributed by atoms with Crippen molar-refractivity contribution in [2.45, 2.75) is 32.2 Å². The van der Waals surface area contributed by atoms with Gasteiger partial charge < -0.3 is 0 Å². The third-order valence-electron chi connectivity index (χ3n) is 3.97. The Hall–Kier alpha value is -2.42. The zero-order valence-electron chi connectivity index (χ0n) is 12.8. The van der Waals surface area contributed by atoms with Crippen LogP contribution in [0.2, 0.25) is 0 Å². The van der Waals surface area contributed by atoms with E-state index in [1.807, 2.05) is 43.3 Å². The molecule has 1 amide bonds. The lowest BCUT2D eigenvalue weighted by atomic mass is 10.0. The van der Waals surface area contributed by atoms with Crippen LogP contribution in [0.3, 0.4) is 0 Å². The smallest absolute Gasteiger partial charge is 0.243 e. The predicted octanol–water partition coefficient (Wildman–Crippen LogP) is 3.97. The molecule has 0 saturated heterocycles. The molecule has 0 radical (unpaired) electrons. The van der Waals surface area contributed by atoms with E-state index in [0.29, 0.717) is 6.42 Å². The van der Waals surface area contributed by atoms with Gasteiger partial charge >= 0.3 is 0 Å². The highest BCUT2D eigenvalue weighted by Crippen LogP contribution is 2.31. The maximum atomic E-state index is 12.6. The van der Waals surface area contributed by atoms with Gasteiger partial charge in [-0.1, -0.05) is 60.7 Å². The molecule has 0 N–H and O–H groups in total. The van der Waals surface area contributed by atoms with Crippen LogP contribution < -0.4 is 0 Å². The van der Waals surface area contributed by atoms with Gasteiger partial charge in [-0.3, -0.25) is 4.79 Å². The van der Waals surface area contributed by atoms with Crippen molar-refractivity contribution >= 4 is 11.6 Å². The molecule has 0 unspecified atom stereocenters. The summed E-state index contributed by atoms with van der Waals surface area (Å²) in [5, 5.41) is 6.13. The number of benzene rings is 2. The Kier molecular flexibility index (Phi) is 4.33. The number of aryl methyl sites for hydroxylation is 1. The lowest BCUT2D eigenvalue weighted by Gasteiger charge is -2.22. The van der Waals surface area contributed by atoms with Crippen molar-refractivity contribution in [2.24, 2.45) is 5.10 Å². The Balaban J connectivity index is 1.70. The minimum absolute atomic E-state index is 0.0458. The Morgan fingerprint density at radius 3 is 2.41 bits per heavy atom. The average molecular weight is 292 g/mol. The van der Waals surface area contributed by atoms with E-state index in [1.165, 1.54) is 5.56 Å². The van der Waals surface area contributed by atoms with E-state index < -0.39 is 0 Å². The lowest BCUT2D eigenvalue weighted by Crippen LogP contribution is -2.27. The van der Waals surface area contributed by atoms with Crippen LogP contribution in [0.25, 0.3) is 0 Å². The molecule has 0 aliphatic carbocycles. The molecule has 1 atom stereocenters. The van der Waals surface area contributed by atoms with Gasteiger partial charge in [-0.05, 0) is 24.5 Å². The zero-order chi connectivity index (χ0) is 15.4. The largest absolute Gasteiger partial charge is 0.273 e. The first kappa shape index (κ1) is 14.5. The number of amides is 1. The second kappa shape index (κ2) is 6.56. The van der Waals surface area contributed by atoms with Crippen LogP contribution in [0.1, 0.15) is 36.9 Å². The van der Waals surface area contributed by atoms with Gasteiger partial charge in [0.05, 0.1) is 6.04 Å². The number of hydrazone groups is 1. The van der Waals surface area contributed by atoms with Gasteiger partial charge in [-0.25, -0.2) is 5.01 Å². The Morgan fingerprint density at radius 2 is 1.73 bits per heavy atom. The summed E-state index contributed by atoms with van der Waals surface area (Å²) in [6, 6.07) is 20.3. The predicted molar refractivity (Wildman–Crippen MR) is 88.5 cm³/mol. The summed E-state index contributed by atoms with van der Waals surface area (Å²) in [5.74, 6) is 0.0922. The van der Waals surface area contributed by atoms with E-state index >= 15 is 0 Å². The SMILES string of the molecule is CC1=NN(C(=O)CCc2ccccc2)[C@@H](c2ccccc2)C1. The van der Waals surface area contributed by atoms with E-state index in [1.54, 1.807) is 5.01 Å². The van der Waals surface area contributed by atoms with Crippen molar-refractivity contribution in [3.8, 4) is 0 Å². The number of hydrogen-bond donors (Lipinski definition) is 0. The molecular weight excluding hydrogens is 272 g/mol. The van der Waals surface area contributed by atoms with Crippen LogP contribution in [0.15, 0.2) is 65.8 Å². The number of hydrogen-bond acceptors (Lipinski definition) is 2. The first-order chi connectivity index (χ1) is 10.7. The van der Waals surface area contributed by atoms with E-state index in [4.69, 9.17) is 0 Å². The molecular formula is C19H20N2O. The van der Waals surface area contributed by atoms with Gasteiger partial charge in [-0.15, -0.1) is 0 Å². The van der Waals surface area contributed by atoms with Gasteiger partial charge in [0, 0.05) is 18.6 Å². The lowest BCUT2D eigenvalue weighted by molar-refractivity contribution is -0.133. The first-order valence-corrected chi connectivity index (χ1v) is 7.69. The number of carbonyl (C=O) groups excluding carboxylic acids is 1. The highest BCUT2D eigenvalue weighted by Gasteiger charge is 2.30. The van der Waals surface area contributed by atoms with Crippen LogP contribution in [0.5, 0.6) is 0 Å². The third kappa shape index (κ3) is 3.25. The van der Waals surface area contributed by atoms with E-state index in [2.05, 4.69) is 29.4 Å². The molecule has 112 valence electrons. The first-order valence-electron chi connectivity index (χ1n) is 7.69. The maximum Gasteiger partial charge on any atom is 0.243 e. The van der Waals surface area contributed by atoms with Crippen LogP contribution in [0, 0.1) is 0 Å². The third-order valence-corrected chi connectivity index (χ3v) is 3.97. The van der Waals surface area contributed by atoms with Crippen LogP contribution >= 0.6 is 0 Å². The molecule has 0 saturated carbocycles. The van der Waals surface area contributed by atoms with Gasteiger partial charge in [0.1, 0.15) is 0 Å². The fraction of sp³-hybridized carbons (Fsp3) is 0.263. The molecule has 0 bridgehead atoms. The van der Waals surface area contributed by atoms with Crippen molar-refractivity contribution in [2.75, 3.05) is 0 Å². The number of nitrogens with zero attached hydrogens (tertiary/aromatic N) is 2. The fourth-order valence-electron chi connectivity index (χ4n) is 2.84. The highest BCUT2D eigenvalue weighted by molar-refractivity contribution is 5.88. The molecule has 22 heavy (non-hydrogen) atoms. The minimum atomic E-state index is 0.0458. The molecule has 1 heterocycles. The second-order valence-electron chi connectivity index (χ2n) is 5.69. The van der Waals surface area contributed by atoms with Crippen molar-refractivity contribution in [3.05, 3.63) is 71.8 Å². The van der Waals surface area contributed by atoms with Crippen LogP contribution in [-0.4, -0.2) is 16.6 Å². The summed E-state index contributed by atoms with van der Waals surface area (Å²) >= 11 is 0. The van der Waals surface area contributed by atoms with Crippen molar-refractivity contribution in [1.29, 1.82) is 0 Å². The van der Waals surface area contributed by atoms with Gasteiger partial charge in [-0.2, -0.15) is 5.10 Å². The average Bonchev–Trinajstić information content (AvgIpc) is 2.96. The van der Waals surface area contributed by atoms with Crippen molar-refractivity contribution in [3.63, 3.8) is 0 Å². The molecule has 0 aromatic heterocycles. The maximum absolute atomic E-state index is 12.6. The molecule has 2 aromatic carbocycles. The summed E-state index contributed by atoms with van der Waals surface area (Å²) in [7, 11) is 0. The molecule has 3 rings (SSSR count). The molecule has 1 aliphatic rings. The minimum Gasteiger partial charge on any atom is -0.273 e. The van der Waals surface area contributed by atoms with Crippen LogP contribution in [-0.2, 0) is 11.2 Å². The van der Waals surface area contributed by atoms with E-state index in [0.717, 1.165) is 24.1 Å². The molecule has 3 heteroatoms. The summed E-state index contributed by atoms with van der Waals surface area (Å²) < 4.78 is 0. The molecule has 3 nitrogen and oxygen atoms in total. The van der Waals surface area contributed by atoms with Crippen molar-refractivity contribution in [1.82, 2.24) is 5.01 Å². The molecule has 1 aliphatic heterocycles. The quantitative estimate of drug-likeness (QED) is 0.839. The van der Waals surface area contributed by atoms with Gasteiger partial charge in [0.25, 0.3) is 0 Å². The monoisotopic (exact) mass is 292 g/mol. The summed E-state index contributed by atoms with van der Waals surface area (Å²) in [6.07, 6.45) is 2.07. The van der Waals surface area contributed by atoms with E-state index in [9.17, 15) is 4.79 Å². The number of rotatable bonds is 4. The Bertz CT molecular complexity index is 664. The number of carbonyl (C=O) groups is 1. The molecule has 2 aromatic rings. The summed E-state index contributed by atoms with van der Waals surface area (Å²) in [6.45, 7) is 1.99. The summed E-state index contributed by atoms with van der Waals surface area (Å²) in [4.78, 5) is 12.6. The Morgan fingerprint density at radius 1 is 1.09 bits per heavy atom. The normalized spacial score (nSPS) is 17.4. The van der Waals surface area contributed by atoms with Crippen molar-refractivity contribution < 1.29 is 4.79 Å². The second-order valence-corrected chi connectivity index (χ2v) is 5.69. The zero-order valence-corrected chi connectivity index (χ0v) is 12.8. The highest BCUT2D eigenvalue weighted by atomic mass is 16.2. The van der Waals surface area contributed by atoms with E-state index in [-0.39, 0.29) is 11.9 Å². The standard InChI is InChI=1S/C19H20N2O/c1-15-14-18(17-10-6-3-7-11-17)21(20-15)19(22)13-12-16-8-4-2-5-9-16/h2-11,18H,12-14H2,1H3/t18-/m1/s1. The topological polar surface area (TPSA) is 32.7 Å².